The summed E-state index contributed by atoms with van der Waals surface area (Å²) < 4.78 is 2.51. The van der Waals surface area contributed by atoms with Crippen molar-refractivity contribution in [2.45, 2.75) is 39.3 Å². The van der Waals surface area contributed by atoms with Crippen molar-refractivity contribution in [3.63, 3.8) is 0 Å². The minimum atomic E-state index is -1.63. The zero-order chi connectivity index (χ0) is 17.3. The summed E-state index contributed by atoms with van der Waals surface area (Å²) in [6.07, 6.45) is 0. The predicted molar refractivity (Wildman–Crippen MR) is 97.4 cm³/mol. The van der Waals surface area contributed by atoms with Crippen molar-refractivity contribution in [2.75, 3.05) is 0 Å². The van der Waals surface area contributed by atoms with Gasteiger partial charge in [0.1, 0.15) is 27.4 Å². The predicted octanol–water partition coefficient (Wildman–Crippen LogP) is 1.54. The van der Waals surface area contributed by atoms with E-state index in [-0.39, 0.29) is 11.2 Å². The topological polar surface area (TPSA) is 44.0 Å². The Labute approximate surface area is 134 Å². The lowest BCUT2D eigenvalue weighted by atomic mass is 10.2. The summed E-state index contributed by atoms with van der Waals surface area (Å²) in [5.41, 5.74) is 6.43. The molecule has 0 amide bonds. The number of hydrogen-bond donors (Lipinski definition) is 0. The summed E-state index contributed by atoms with van der Waals surface area (Å²) in [6.45, 7) is 12.7. The van der Waals surface area contributed by atoms with Crippen molar-refractivity contribution in [2.24, 2.45) is 14.1 Å². The van der Waals surface area contributed by atoms with Crippen LogP contribution in [-0.2, 0) is 14.1 Å². The van der Waals surface area contributed by atoms with Gasteiger partial charge in [-0.25, -0.2) is 4.79 Å². The first-order chi connectivity index (χ1) is 9.83. The van der Waals surface area contributed by atoms with Crippen molar-refractivity contribution in [1.82, 2.24) is 9.13 Å². The average molecular weight is 333 g/mol. The molecule has 0 radical (unpaired) electrons. The molecule has 1 rings (SSSR count). The first-order valence-electron chi connectivity index (χ1n) is 7.20. The van der Waals surface area contributed by atoms with E-state index in [1.165, 1.54) is 11.6 Å². The molecule has 0 aliphatic rings. The highest BCUT2D eigenvalue weighted by molar-refractivity contribution is 6.84. The zero-order valence-electron chi connectivity index (χ0n) is 14.7. The van der Waals surface area contributed by atoms with Gasteiger partial charge in [0.05, 0.1) is 0 Å². The van der Waals surface area contributed by atoms with E-state index in [9.17, 15) is 9.59 Å². The van der Waals surface area contributed by atoms with Gasteiger partial charge in [-0.1, -0.05) is 51.1 Å². The fourth-order valence-electron chi connectivity index (χ4n) is 1.60. The first-order valence-corrected chi connectivity index (χ1v) is 14.2. The van der Waals surface area contributed by atoms with Crippen LogP contribution in [0.5, 0.6) is 0 Å². The number of aromatic nitrogens is 2. The van der Waals surface area contributed by atoms with Crippen LogP contribution in [0.1, 0.15) is 11.3 Å². The lowest BCUT2D eigenvalue weighted by molar-refractivity contribution is 0.676. The van der Waals surface area contributed by atoms with Gasteiger partial charge in [-0.05, 0) is 0 Å². The zero-order valence-corrected chi connectivity index (χ0v) is 16.7. The summed E-state index contributed by atoms with van der Waals surface area (Å²) in [6, 6.07) is 0. The summed E-state index contributed by atoms with van der Waals surface area (Å²) in [7, 11) is -0.142. The van der Waals surface area contributed by atoms with Gasteiger partial charge in [-0.2, -0.15) is 0 Å². The van der Waals surface area contributed by atoms with Gasteiger partial charge in [-0.3, -0.25) is 13.9 Å². The molecule has 0 saturated carbocycles. The van der Waals surface area contributed by atoms with E-state index in [1.807, 2.05) is 0 Å². The molecule has 118 valence electrons. The summed E-state index contributed by atoms with van der Waals surface area (Å²) >= 11 is 0. The second-order valence-electron chi connectivity index (χ2n) is 7.43. The molecule has 0 fully saturated rings. The van der Waals surface area contributed by atoms with E-state index < -0.39 is 16.1 Å². The molecule has 0 bridgehead atoms. The largest absolute Gasteiger partial charge is 0.331 e. The molecule has 1 aromatic rings. The van der Waals surface area contributed by atoms with Crippen LogP contribution < -0.4 is 11.2 Å². The maximum Gasteiger partial charge on any atom is 0.331 e. The lowest BCUT2D eigenvalue weighted by Gasteiger charge is -2.10. The van der Waals surface area contributed by atoms with Gasteiger partial charge in [0, 0.05) is 14.1 Å². The Kier molecular flexibility index (Phi) is 5.11. The fraction of sp³-hybridized carbons (Fsp3) is 0.500. The van der Waals surface area contributed by atoms with Gasteiger partial charge in [0.25, 0.3) is 5.56 Å². The van der Waals surface area contributed by atoms with Crippen molar-refractivity contribution in [3.05, 3.63) is 32.1 Å². The van der Waals surface area contributed by atoms with Crippen LogP contribution >= 0.6 is 0 Å². The summed E-state index contributed by atoms with van der Waals surface area (Å²) in [5, 5.41) is 0. The van der Waals surface area contributed by atoms with Crippen LogP contribution in [0.3, 0.4) is 0 Å². The maximum absolute atomic E-state index is 12.4. The van der Waals surface area contributed by atoms with Crippen molar-refractivity contribution < 1.29 is 0 Å². The third kappa shape index (κ3) is 4.62. The molecule has 0 aromatic carbocycles. The van der Waals surface area contributed by atoms with E-state index in [4.69, 9.17) is 0 Å². The Morgan fingerprint density at radius 3 is 1.68 bits per heavy atom. The quantitative estimate of drug-likeness (QED) is 0.534. The first kappa shape index (κ1) is 18.3. The van der Waals surface area contributed by atoms with Gasteiger partial charge in [0.2, 0.25) is 0 Å². The van der Waals surface area contributed by atoms with Crippen LogP contribution in [0.4, 0.5) is 0 Å². The SMILES string of the molecule is Cn1c(C#C[Si](C)(C)C)c(C#C[Si](C)(C)C)c(=O)n(C)c1=O. The third-order valence-electron chi connectivity index (χ3n) is 2.78. The second kappa shape index (κ2) is 6.15. The van der Waals surface area contributed by atoms with E-state index in [1.54, 1.807) is 7.05 Å². The van der Waals surface area contributed by atoms with Gasteiger partial charge in [-0.15, -0.1) is 11.1 Å². The number of rotatable bonds is 0. The monoisotopic (exact) mass is 332 g/mol. The molecular weight excluding hydrogens is 308 g/mol. The molecule has 0 aliphatic carbocycles. The van der Waals surface area contributed by atoms with Crippen molar-refractivity contribution >= 4 is 16.1 Å². The minimum absolute atomic E-state index is 0.331. The summed E-state index contributed by atoms with van der Waals surface area (Å²) in [5.74, 6) is 6.04. The number of nitrogens with zero attached hydrogens (tertiary/aromatic N) is 2. The van der Waals surface area contributed by atoms with Gasteiger partial charge in [0.15, 0.2) is 0 Å². The molecule has 0 saturated heterocycles. The van der Waals surface area contributed by atoms with E-state index in [0.29, 0.717) is 11.3 Å². The van der Waals surface area contributed by atoms with Crippen molar-refractivity contribution in [3.8, 4) is 22.9 Å². The van der Waals surface area contributed by atoms with Crippen LogP contribution in [0.25, 0.3) is 0 Å². The van der Waals surface area contributed by atoms with E-state index in [2.05, 4.69) is 62.2 Å². The molecular formula is C16H24N2O2Si2. The molecule has 0 spiro atoms. The highest BCUT2D eigenvalue weighted by Crippen LogP contribution is 2.03. The molecule has 1 heterocycles. The molecule has 0 aliphatic heterocycles. The second-order valence-corrected chi connectivity index (χ2v) is 16.9. The Morgan fingerprint density at radius 1 is 0.773 bits per heavy atom. The summed E-state index contributed by atoms with van der Waals surface area (Å²) in [4.78, 5) is 24.5. The van der Waals surface area contributed by atoms with Crippen LogP contribution in [0.2, 0.25) is 39.3 Å². The minimum Gasteiger partial charge on any atom is -0.288 e. The highest BCUT2D eigenvalue weighted by atomic mass is 28.3. The standard InChI is InChI=1S/C16H24N2O2Si2/c1-17-14(10-12-22(6,7)8)13(9-11-21(3,4)5)15(19)18(2)16(17)20/h1-8H3. The number of hydrogen-bond acceptors (Lipinski definition) is 2. The average Bonchev–Trinajstić information content (AvgIpc) is 2.35. The molecule has 22 heavy (non-hydrogen) atoms. The Bertz CT molecular complexity index is 827. The molecule has 0 atom stereocenters. The maximum atomic E-state index is 12.4. The van der Waals surface area contributed by atoms with E-state index in [0.717, 1.165) is 4.57 Å². The van der Waals surface area contributed by atoms with Crippen LogP contribution in [0.15, 0.2) is 9.59 Å². The molecule has 1 aromatic heterocycles. The van der Waals surface area contributed by atoms with E-state index >= 15 is 0 Å². The third-order valence-corrected chi connectivity index (χ3v) is 4.53. The molecule has 6 heteroatoms. The highest BCUT2D eigenvalue weighted by Gasteiger charge is 2.15. The fourth-order valence-corrected chi connectivity index (χ4v) is 2.59. The van der Waals surface area contributed by atoms with Crippen molar-refractivity contribution in [1.29, 1.82) is 0 Å². The Balaban J connectivity index is 3.79. The normalized spacial score (nSPS) is 11.3. The van der Waals surface area contributed by atoms with Gasteiger partial charge >= 0.3 is 5.69 Å². The molecule has 0 N–H and O–H groups in total. The van der Waals surface area contributed by atoms with Gasteiger partial charge < -0.3 is 0 Å². The molecule has 4 nitrogen and oxygen atoms in total. The van der Waals surface area contributed by atoms with Crippen LogP contribution in [0, 0.1) is 22.9 Å². The molecule has 0 unspecified atom stereocenters. The Hall–Kier alpha value is -1.77. The lowest BCUT2D eigenvalue weighted by Crippen LogP contribution is -2.40. The smallest absolute Gasteiger partial charge is 0.288 e. The Morgan fingerprint density at radius 2 is 1.23 bits per heavy atom. The van der Waals surface area contributed by atoms with Crippen LogP contribution in [-0.4, -0.2) is 25.3 Å².